The van der Waals surface area contributed by atoms with Crippen LogP contribution in [0.3, 0.4) is 0 Å². The number of hydrogen-bond donors (Lipinski definition) is 1. The highest BCUT2D eigenvalue weighted by atomic mass is 32.2. The van der Waals surface area contributed by atoms with Crippen molar-refractivity contribution in [2.24, 2.45) is 0 Å². The number of rotatable bonds is 4. The smallest absolute Gasteiger partial charge is 0.416 e. The molecule has 0 saturated heterocycles. The van der Waals surface area contributed by atoms with Crippen LogP contribution in [-0.4, -0.2) is 22.4 Å². The molecule has 0 saturated carbocycles. The highest BCUT2D eigenvalue weighted by molar-refractivity contribution is 8.00. The Morgan fingerprint density at radius 3 is 2.23 bits per heavy atom. The van der Waals surface area contributed by atoms with E-state index in [0.717, 1.165) is 23.3 Å². The van der Waals surface area contributed by atoms with Crippen LogP contribution in [0.1, 0.15) is 49.4 Å². The molecule has 0 radical (unpaired) electrons. The Bertz CT molecular complexity index is 950. The van der Waals surface area contributed by atoms with E-state index in [1.54, 1.807) is 6.07 Å². The van der Waals surface area contributed by atoms with Gasteiger partial charge in [-0.05, 0) is 56.2 Å². The van der Waals surface area contributed by atoms with Crippen LogP contribution in [0.5, 0.6) is 0 Å². The van der Waals surface area contributed by atoms with Crippen LogP contribution >= 0.6 is 11.8 Å². The third-order valence-electron chi connectivity index (χ3n) is 4.82. The first-order chi connectivity index (χ1) is 14.6. The van der Waals surface area contributed by atoms with Crippen molar-refractivity contribution in [1.82, 2.24) is 0 Å². The van der Waals surface area contributed by atoms with Crippen LogP contribution in [0.4, 0.5) is 13.2 Å². The second-order valence-corrected chi connectivity index (χ2v) is 8.58. The quantitative estimate of drug-likeness (QED) is 0.396. The molecule has 0 amide bonds. The molecule has 0 aliphatic carbocycles. The lowest BCUT2D eigenvalue weighted by atomic mass is 9.94. The average molecular weight is 453 g/mol. The van der Waals surface area contributed by atoms with Crippen LogP contribution in [0.15, 0.2) is 53.1 Å². The fourth-order valence-corrected chi connectivity index (χ4v) is 4.31. The van der Waals surface area contributed by atoms with E-state index in [1.165, 1.54) is 23.9 Å². The minimum absolute atomic E-state index is 0.0296. The number of esters is 1. The van der Waals surface area contributed by atoms with Gasteiger partial charge in [0, 0.05) is 16.6 Å². The largest absolute Gasteiger partial charge is 0.511 e. The molecule has 3 rings (SSSR count). The Kier molecular flexibility index (Phi) is 8.23. The molecule has 0 spiro atoms. The van der Waals surface area contributed by atoms with Gasteiger partial charge in [0.25, 0.3) is 0 Å². The maximum atomic E-state index is 12.7. The molecule has 2 unspecified atom stereocenters. The number of thioether (sulfide) groups is 1. The fourth-order valence-electron chi connectivity index (χ4n) is 3.28. The Morgan fingerprint density at radius 2 is 1.71 bits per heavy atom. The fraction of sp³-hybridized carbons (Fsp3) is 0.375. The van der Waals surface area contributed by atoms with Gasteiger partial charge < -0.3 is 9.84 Å². The molecular formula is C24H27F3O3S. The standard InChI is InChI=1S/C22H21F3O3S.C2H6/c1-12-4-9-17(13(2)10-12)20-18(26)11-19(28-21(20)27)14(3)29-16-7-5-15(6-8-16)22(23,24)25;1-2/h4-10,14,19,26H,11H2,1-3H3;1-2H3. The monoisotopic (exact) mass is 452 g/mol. The zero-order valence-corrected chi connectivity index (χ0v) is 19.0. The number of benzene rings is 2. The minimum atomic E-state index is -4.38. The molecule has 3 nitrogen and oxygen atoms in total. The first-order valence-corrected chi connectivity index (χ1v) is 11.0. The topological polar surface area (TPSA) is 46.5 Å². The third kappa shape index (κ3) is 6.06. The third-order valence-corrected chi connectivity index (χ3v) is 6.04. The van der Waals surface area contributed by atoms with Gasteiger partial charge in [0.05, 0.1) is 5.56 Å². The number of alkyl halides is 3. The number of cyclic esters (lactones) is 1. The summed E-state index contributed by atoms with van der Waals surface area (Å²) < 4.78 is 43.6. The maximum absolute atomic E-state index is 12.7. The molecular weight excluding hydrogens is 425 g/mol. The van der Waals surface area contributed by atoms with Crippen LogP contribution in [0, 0.1) is 13.8 Å². The summed E-state index contributed by atoms with van der Waals surface area (Å²) >= 11 is 1.30. The molecule has 2 aromatic carbocycles. The zero-order chi connectivity index (χ0) is 23.3. The summed E-state index contributed by atoms with van der Waals surface area (Å²) in [4.78, 5) is 13.2. The lowest BCUT2D eigenvalue weighted by molar-refractivity contribution is -0.143. The highest BCUT2D eigenvalue weighted by Crippen LogP contribution is 2.37. The van der Waals surface area contributed by atoms with Crippen molar-refractivity contribution in [3.63, 3.8) is 0 Å². The predicted octanol–water partition coefficient (Wildman–Crippen LogP) is 7.11. The van der Waals surface area contributed by atoms with E-state index in [9.17, 15) is 23.1 Å². The number of carbonyl (C=O) groups is 1. The molecule has 2 aromatic rings. The summed E-state index contributed by atoms with van der Waals surface area (Å²) in [5.41, 5.74) is 2.02. The van der Waals surface area contributed by atoms with Gasteiger partial charge in [0.1, 0.15) is 17.4 Å². The Labute approximate surface area is 185 Å². The van der Waals surface area contributed by atoms with E-state index in [0.29, 0.717) is 10.5 Å². The first kappa shape index (κ1) is 24.9. The molecule has 1 N–H and O–H groups in total. The normalized spacial score (nSPS) is 17.5. The van der Waals surface area contributed by atoms with E-state index >= 15 is 0 Å². The Morgan fingerprint density at radius 1 is 1.10 bits per heavy atom. The number of halogens is 3. The van der Waals surface area contributed by atoms with E-state index in [2.05, 4.69) is 0 Å². The van der Waals surface area contributed by atoms with Gasteiger partial charge in [0.2, 0.25) is 0 Å². The van der Waals surface area contributed by atoms with Gasteiger partial charge in [-0.1, -0.05) is 37.6 Å². The molecule has 0 bridgehead atoms. The first-order valence-electron chi connectivity index (χ1n) is 10.1. The van der Waals surface area contributed by atoms with E-state index in [1.807, 2.05) is 46.8 Å². The summed E-state index contributed by atoms with van der Waals surface area (Å²) in [5.74, 6) is -0.622. The molecule has 1 heterocycles. The van der Waals surface area contributed by atoms with Gasteiger partial charge in [-0.15, -0.1) is 11.8 Å². The predicted molar refractivity (Wildman–Crippen MR) is 118 cm³/mol. The van der Waals surface area contributed by atoms with Crippen molar-refractivity contribution in [2.75, 3.05) is 0 Å². The molecule has 2 atom stereocenters. The van der Waals surface area contributed by atoms with Crippen LogP contribution < -0.4 is 0 Å². The number of carbonyl (C=O) groups excluding carboxylic acids is 1. The molecule has 0 fully saturated rings. The Balaban J connectivity index is 0.00000166. The van der Waals surface area contributed by atoms with Gasteiger partial charge in [-0.3, -0.25) is 0 Å². The molecule has 0 aromatic heterocycles. The van der Waals surface area contributed by atoms with Crippen molar-refractivity contribution in [1.29, 1.82) is 0 Å². The zero-order valence-electron chi connectivity index (χ0n) is 18.2. The number of ether oxygens (including phenoxy) is 1. The summed E-state index contributed by atoms with van der Waals surface area (Å²) in [5, 5.41) is 10.3. The number of aliphatic hydroxyl groups is 1. The second kappa shape index (κ2) is 10.3. The molecule has 1 aliphatic heterocycles. The van der Waals surface area contributed by atoms with Crippen molar-refractivity contribution in [3.05, 3.63) is 70.5 Å². The van der Waals surface area contributed by atoms with Gasteiger partial charge in [-0.25, -0.2) is 4.79 Å². The second-order valence-electron chi connectivity index (χ2n) is 7.13. The number of aryl methyl sites for hydroxylation is 2. The minimum Gasteiger partial charge on any atom is -0.511 e. The van der Waals surface area contributed by atoms with Crippen molar-refractivity contribution < 1.29 is 27.8 Å². The van der Waals surface area contributed by atoms with E-state index < -0.39 is 23.8 Å². The molecule has 168 valence electrons. The van der Waals surface area contributed by atoms with E-state index in [-0.39, 0.29) is 23.0 Å². The van der Waals surface area contributed by atoms with Crippen molar-refractivity contribution >= 4 is 23.3 Å². The summed E-state index contributed by atoms with van der Waals surface area (Å²) in [6.45, 7) is 9.63. The summed E-state index contributed by atoms with van der Waals surface area (Å²) in [6, 6.07) is 10.4. The lowest BCUT2D eigenvalue weighted by Gasteiger charge is -2.29. The average Bonchev–Trinajstić information content (AvgIpc) is 2.70. The highest BCUT2D eigenvalue weighted by Gasteiger charge is 2.34. The lowest BCUT2D eigenvalue weighted by Crippen LogP contribution is -2.32. The van der Waals surface area contributed by atoms with Crippen molar-refractivity contribution in [2.45, 2.75) is 63.5 Å². The van der Waals surface area contributed by atoms with Crippen LogP contribution in [-0.2, 0) is 15.7 Å². The summed E-state index contributed by atoms with van der Waals surface area (Å²) in [7, 11) is 0. The Hall–Kier alpha value is -2.41. The molecule has 1 aliphatic rings. The molecule has 7 heteroatoms. The van der Waals surface area contributed by atoms with Gasteiger partial charge in [0.15, 0.2) is 0 Å². The number of hydrogen-bond acceptors (Lipinski definition) is 4. The van der Waals surface area contributed by atoms with Crippen LogP contribution in [0.2, 0.25) is 0 Å². The van der Waals surface area contributed by atoms with Crippen LogP contribution in [0.25, 0.3) is 5.57 Å². The maximum Gasteiger partial charge on any atom is 0.416 e. The number of aliphatic hydroxyl groups excluding tert-OH is 1. The SMILES string of the molecule is CC.Cc1ccc(C2=C(O)CC(C(C)Sc3ccc(C(F)(F)F)cc3)OC2=O)c(C)c1. The van der Waals surface area contributed by atoms with Gasteiger partial charge in [-0.2, -0.15) is 13.2 Å². The van der Waals surface area contributed by atoms with Gasteiger partial charge >= 0.3 is 12.1 Å². The summed E-state index contributed by atoms with van der Waals surface area (Å²) in [6.07, 6.45) is -4.80. The van der Waals surface area contributed by atoms with E-state index in [4.69, 9.17) is 4.74 Å². The molecule has 31 heavy (non-hydrogen) atoms. The van der Waals surface area contributed by atoms with Crippen molar-refractivity contribution in [3.8, 4) is 0 Å².